The van der Waals surface area contributed by atoms with Gasteiger partial charge in [-0.2, -0.15) is 0 Å². The van der Waals surface area contributed by atoms with Crippen molar-refractivity contribution in [3.63, 3.8) is 0 Å². The summed E-state index contributed by atoms with van der Waals surface area (Å²) in [5, 5.41) is 3.06. The maximum Gasteiger partial charge on any atom is 0.149 e. The molecule has 0 fully saturated rings. The van der Waals surface area contributed by atoms with Gasteiger partial charge in [0.2, 0.25) is 0 Å². The normalized spacial score (nSPS) is 12.3. The van der Waals surface area contributed by atoms with Gasteiger partial charge in [0.15, 0.2) is 0 Å². The van der Waals surface area contributed by atoms with E-state index in [0.717, 1.165) is 17.2 Å². The summed E-state index contributed by atoms with van der Waals surface area (Å²) >= 11 is 3.06. The van der Waals surface area contributed by atoms with Crippen LogP contribution in [0.3, 0.4) is 0 Å². The van der Waals surface area contributed by atoms with E-state index < -0.39 is 11.6 Å². The average Bonchev–Trinajstić information content (AvgIpc) is 2.36. The first-order valence-corrected chi connectivity index (χ1v) is 6.75. The zero-order valence-corrected chi connectivity index (χ0v) is 12.3. The molecule has 0 saturated heterocycles. The molecular weight excluding hydrogens is 312 g/mol. The minimum absolute atomic E-state index is 0.0620. The van der Waals surface area contributed by atoms with E-state index in [-0.39, 0.29) is 16.2 Å². The third-order valence-electron chi connectivity index (χ3n) is 3.04. The Kier molecular flexibility index (Phi) is 4.20. The first-order chi connectivity index (χ1) is 8.99. The standard InChI is InChI=1S/C15H14BrF2N/c1-9-5-3-4-6-11(9)10(2)19-15-7-12(16)13(17)8-14(15)18/h3-8,10,19H,1-2H3. The van der Waals surface area contributed by atoms with E-state index in [1.54, 1.807) is 0 Å². The van der Waals surface area contributed by atoms with Crippen LogP contribution < -0.4 is 5.32 Å². The molecule has 0 aliphatic heterocycles. The van der Waals surface area contributed by atoms with Crippen LogP contribution in [0.15, 0.2) is 40.9 Å². The van der Waals surface area contributed by atoms with Gasteiger partial charge in [-0.1, -0.05) is 24.3 Å². The summed E-state index contributed by atoms with van der Waals surface area (Å²) < 4.78 is 27.1. The lowest BCUT2D eigenvalue weighted by atomic mass is 10.0. The van der Waals surface area contributed by atoms with Crippen molar-refractivity contribution in [3.05, 3.63) is 63.6 Å². The summed E-state index contributed by atoms with van der Waals surface area (Å²) in [7, 11) is 0. The monoisotopic (exact) mass is 325 g/mol. The lowest BCUT2D eigenvalue weighted by Crippen LogP contribution is -2.09. The summed E-state index contributed by atoms with van der Waals surface area (Å²) in [4.78, 5) is 0. The summed E-state index contributed by atoms with van der Waals surface area (Å²) in [6.45, 7) is 3.95. The van der Waals surface area contributed by atoms with Crippen LogP contribution >= 0.6 is 15.9 Å². The Morgan fingerprint density at radius 2 is 1.79 bits per heavy atom. The Morgan fingerprint density at radius 3 is 2.47 bits per heavy atom. The molecule has 1 atom stereocenters. The number of anilines is 1. The van der Waals surface area contributed by atoms with Crippen molar-refractivity contribution in [2.45, 2.75) is 19.9 Å². The van der Waals surface area contributed by atoms with Crippen LogP contribution in [-0.4, -0.2) is 0 Å². The van der Waals surface area contributed by atoms with E-state index in [2.05, 4.69) is 21.2 Å². The lowest BCUT2D eigenvalue weighted by molar-refractivity contribution is 0.579. The van der Waals surface area contributed by atoms with Gasteiger partial charge in [0.25, 0.3) is 0 Å². The SMILES string of the molecule is Cc1ccccc1C(C)Nc1cc(Br)c(F)cc1F. The molecule has 1 unspecified atom stereocenters. The fourth-order valence-corrected chi connectivity index (χ4v) is 2.36. The molecule has 0 radical (unpaired) electrons. The second-order valence-corrected chi connectivity index (χ2v) is 5.32. The first kappa shape index (κ1) is 14.0. The third-order valence-corrected chi connectivity index (χ3v) is 3.64. The van der Waals surface area contributed by atoms with E-state index in [9.17, 15) is 8.78 Å². The number of halogens is 3. The highest BCUT2D eigenvalue weighted by atomic mass is 79.9. The van der Waals surface area contributed by atoms with Crippen molar-refractivity contribution >= 4 is 21.6 Å². The van der Waals surface area contributed by atoms with Gasteiger partial charge in [0.1, 0.15) is 11.6 Å². The van der Waals surface area contributed by atoms with E-state index >= 15 is 0 Å². The van der Waals surface area contributed by atoms with E-state index in [1.807, 2.05) is 38.1 Å². The van der Waals surface area contributed by atoms with Gasteiger partial charge in [0, 0.05) is 12.1 Å². The molecule has 0 spiro atoms. The number of benzene rings is 2. The Balaban J connectivity index is 2.27. The van der Waals surface area contributed by atoms with Crippen LogP contribution in [-0.2, 0) is 0 Å². The van der Waals surface area contributed by atoms with Crippen molar-refractivity contribution in [2.75, 3.05) is 5.32 Å². The number of nitrogens with one attached hydrogen (secondary N) is 1. The summed E-state index contributed by atoms with van der Waals surface area (Å²) in [6, 6.07) is 10.1. The molecule has 1 N–H and O–H groups in total. The highest BCUT2D eigenvalue weighted by molar-refractivity contribution is 9.10. The first-order valence-electron chi connectivity index (χ1n) is 5.95. The molecule has 1 nitrogen and oxygen atoms in total. The maximum atomic E-state index is 13.7. The van der Waals surface area contributed by atoms with Crippen molar-refractivity contribution in [2.24, 2.45) is 0 Å². The molecule has 0 aliphatic rings. The van der Waals surface area contributed by atoms with Gasteiger partial charge in [-0.25, -0.2) is 8.78 Å². The Hall–Kier alpha value is -1.42. The zero-order valence-electron chi connectivity index (χ0n) is 10.7. The van der Waals surface area contributed by atoms with Gasteiger partial charge in [0.05, 0.1) is 10.2 Å². The Labute approximate surface area is 119 Å². The minimum Gasteiger partial charge on any atom is -0.376 e. The van der Waals surface area contributed by atoms with Crippen LogP contribution in [0.25, 0.3) is 0 Å². The van der Waals surface area contributed by atoms with Crippen LogP contribution in [0.5, 0.6) is 0 Å². The molecule has 2 aromatic rings. The molecule has 100 valence electrons. The summed E-state index contributed by atoms with van der Waals surface area (Å²) in [6.07, 6.45) is 0. The van der Waals surface area contributed by atoms with Crippen LogP contribution in [0.1, 0.15) is 24.1 Å². The molecule has 2 rings (SSSR count). The molecule has 19 heavy (non-hydrogen) atoms. The van der Waals surface area contributed by atoms with Gasteiger partial charge in [-0.15, -0.1) is 0 Å². The molecular formula is C15H14BrF2N. The fourth-order valence-electron chi connectivity index (χ4n) is 2.02. The maximum absolute atomic E-state index is 13.7. The van der Waals surface area contributed by atoms with Gasteiger partial charge in [-0.3, -0.25) is 0 Å². The van der Waals surface area contributed by atoms with Crippen molar-refractivity contribution in [1.29, 1.82) is 0 Å². The van der Waals surface area contributed by atoms with E-state index in [1.165, 1.54) is 6.07 Å². The number of hydrogen-bond donors (Lipinski definition) is 1. The van der Waals surface area contributed by atoms with Crippen molar-refractivity contribution < 1.29 is 8.78 Å². The predicted molar refractivity (Wildman–Crippen MR) is 77.3 cm³/mol. The van der Waals surface area contributed by atoms with Gasteiger partial charge >= 0.3 is 0 Å². The quantitative estimate of drug-likeness (QED) is 0.764. The summed E-state index contributed by atoms with van der Waals surface area (Å²) in [5.74, 6) is -1.20. The molecule has 0 bridgehead atoms. The zero-order chi connectivity index (χ0) is 14.0. The topological polar surface area (TPSA) is 12.0 Å². The van der Waals surface area contributed by atoms with Crippen LogP contribution in [0, 0.1) is 18.6 Å². The smallest absolute Gasteiger partial charge is 0.149 e. The highest BCUT2D eigenvalue weighted by Crippen LogP contribution is 2.27. The van der Waals surface area contributed by atoms with E-state index in [4.69, 9.17) is 0 Å². The molecule has 0 amide bonds. The molecule has 0 heterocycles. The molecule has 0 saturated carbocycles. The van der Waals surface area contributed by atoms with Crippen molar-refractivity contribution in [1.82, 2.24) is 0 Å². The molecule has 0 aromatic heterocycles. The van der Waals surface area contributed by atoms with E-state index in [0.29, 0.717) is 0 Å². The minimum atomic E-state index is -0.605. The Morgan fingerprint density at radius 1 is 1.11 bits per heavy atom. The van der Waals surface area contributed by atoms with Crippen LogP contribution in [0.2, 0.25) is 0 Å². The number of aryl methyl sites for hydroxylation is 1. The Bertz CT molecular complexity index is 599. The summed E-state index contributed by atoms with van der Waals surface area (Å²) in [5.41, 5.74) is 2.50. The number of hydrogen-bond acceptors (Lipinski definition) is 1. The third kappa shape index (κ3) is 3.13. The average molecular weight is 326 g/mol. The van der Waals surface area contributed by atoms with Gasteiger partial charge < -0.3 is 5.32 Å². The number of rotatable bonds is 3. The molecule has 4 heteroatoms. The lowest BCUT2D eigenvalue weighted by Gasteiger charge is -2.18. The fraction of sp³-hybridized carbons (Fsp3) is 0.200. The molecule has 2 aromatic carbocycles. The largest absolute Gasteiger partial charge is 0.376 e. The second-order valence-electron chi connectivity index (χ2n) is 4.47. The second kappa shape index (κ2) is 5.70. The predicted octanol–water partition coefficient (Wildman–Crippen LogP) is 5.21. The van der Waals surface area contributed by atoms with Crippen LogP contribution in [0.4, 0.5) is 14.5 Å². The molecule has 0 aliphatic carbocycles. The highest BCUT2D eigenvalue weighted by Gasteiger charge is 2.12. The van der Waals surface area contributed by atoms with Gasteiger partial charge in [-0.05, 0) is 47.0 Å². The van der Waals surface area contributed by atoms with Crippen molar-refractivity contribution in [3.8, 4) is 0 Å².